The summed E-state index contributed by atoms with van der Waals surface area (Å²) in [5, 5.41) is 30.4. The predicted octanol–water partition coefficient (Wildman–Crippen LogP) is 5.04. The van der Waals surface area contributed by atoms with Crippen molar-refractivity contribution < 1.29 is 19.8 Å². The third-order valence-electron chi connectivity index (χ3n) is 7.19. The molecule has 4 N–H and O–H groups in total. The van der Waals surface area contributed by atoms with E-state index in [1.165, 1.54) is 11.3 Å². The Labute approximate surface area is 257 Å². The molecule has 0 saturated heterocycles. The molecule has 0 aliphatic rings. The molecule has 0 fully saturated rings. The summed E-state index contributed by atoms with van der Waals surface area (Å²) in [6, 6.07) is 21.2. The van der Waals surface area contributed by atoms with Gasteiger partial charge in [-0.25, -0.2) is 4.98 Å². The number of aryl methyl sites for hydroxylation is 1. The van der Waals surface area contributed by atoms with Crippen LogP contribution in [0, 0.1) is 6.92 Å². The summed E-state index contributed by atoms with van der Waals surface area (Å²) in [5.41, 5.74) is 4.58. The Morgan fingerprint density at radius 2 is 1.72 bits per heavy atom. The van der Waals surface area contributed by atoms with Gasteiger partial charge in [-0.3, -0.25) is 9.59 Å². The number of nitrogens with one attached hydrogen (secondary N) is 2. The van der Waals surface area contributed by atoms with Crippen molar-refractivity contribution in [2.45, 2.75) is 58.3 Å². The van der Waals surface area contributed by atoms with Crippen LogP contribution in [0.2, 0.25) is 0 Å². The first kappa shape index (κ1) is 31.9. The number of hydrogen-bond acceptors (Lipinski definition) is 7. The maximum absolute atomic E-state index is 13.4. The number of phenols is 1. The molecule has 2 atom stereocenters. The molecule has 1 aromatic heterocycles. The van der Waals surface area contributed by atoms with Crippen molar-refractivity contribution >= 4 is 23.2 Å². The van der Waals surface area contributed by atoms with Crippen LogP contribution in [0.3, 0.4) is 0 Å². The molecular weight excluding hydrogens is 560 g/mol. The summed E-state index contributed by atoms with van der Waals surface area (Å²) in [5.74, 6) is -0.0936. The minimum absolute atomic E-state index is 0.208. The fourth-order valence-electron chi connectivity index (χ4n) is 4.81. The molecule has 43 heavy (non-hydrogen) atoms. The Balaban J connectivity index is 1.43. The number of rotatable bonds is 13. The first-order valence-electron chi connectivity index (χ1n) is 14.4. The van der Waals surface area contributed by atoms with Gasteiger partial charge in [0.25, 0.3) is 11.8 Å². The van der Waals surface area contributed by atoms with Crippen LogP contribution in [0.4, 0.5) is 0 Å². The molecule has 0 spiro atoms. The predicted molar refractivity (Wildman–Crippen MR) is 170 cm³/mol. The lowest BCUT2D eigenvalue weighted by molar-refractivity contribution is 0.0784. The van der Waals surface area contributed by atoms with E-state index < -0.39 is 12.1 Å². The first-order chi connectivity index (χ1) is 20.6. The third kappa shape index (κ3) is 9.22. The van der Waals surface area contributed by atoms with Gasteiger partial charge in [0, 0.05) is 42.3 Å². The van der Waals surface area contributed by atoms with Crippen LogP contribution in [0.25, 0.3) is 0 Å². The smallest absolute Gasteiger partial charge is 0.253 e. The van der Waals surface area contributed by atoms with E-state index in [0.29, 0.717) is 30.6 Å². The quantitative estimate of drug-likeness (QED) is 0.171. The Bertz CT molecular complexity index is 1520. The zero-order valence-corrected chi connectivity index (χ0v) is 25.9. The minimum atomic E-state index is -0.899. The molecule has 1 heterocycles. The maximum Gasteiger partial charge on any atom is 0.253 e. The van der Waals surface area contributed by atoms with E-state index >= 15 is 0 Å². The van der Waals surface area contributed by atoms with E-state index in [-0.39, 0.29) is 30.0 Å². The van der Waals surface area contributed by atoms with Gasteiger partial charge < -0.3 is 25.7 Å². The number of carbonyl (C=O) groups is 2. The number of phenolic OH excluding ortho intramolecular Hbond substituents is 1. The van der Waals surface area contributed by atoms with E-state index in [1.807, 2.05) is 48.7 Å². The highest BCUT2D eigenvalue weighted by molar-refractivity contribution is 7.09. The first-order valence-corrected chi connectivity index (χ1v) is 15.3. The van der Waals surface area contributed by atoms with E-state index in [2.05, 4.69) is 29.5 Å². The monoisotopic (exact) mass is 600 g/mol. The molecular formula is C34H40N4O4S. The molecule has 226 valence electrons. The summed E-state index contributed by atoms with van der Waals surface area (Å²) in [7, 11) is 1.71. The Morgan fingerprint density at radius 1 is 0.977 bits per heavy atom. The molecule has 0 aliphatic heterocycles. The van der Waals surface area contributed by atoms with Crippen LogP contribution in [-0.2, 0) is 19.5 Å². The second kappa shape index (κ2) is 14.9. The van der Waals surface area contributed by atoms with Crippen molar-refractivity contribution in [1.82, 2.24) is 20.5 Å². The molecule has 4 aromatic rings. The molecule has 9 heteroatoms. The highest BCUT2D eigenvalue weighted by Gasteiger charge is 2.23. The third-order valence-corrected chi connectivity index (χ3v) is 8.14. The van der Waals surface area contributed by atoms with E-state index in [9.17, 15) is 19.8 Å². The normalized spacial score (nSPS) is 12.6. The van der Waals surface area contributed by atoms with Gasteiger partial charge in [0.15, 0.2) is 0 Å². The van der Waals surface area contributed by atoms with Crippen LogP contribution in [0.5, 0.6) is 5.75 Å². The highest BCUT2D eigenvalue weighted by Crippen LogP contribution is 2.22. The van der Waals surface area contributed by atoms with Gasteiger partial charge in [-0.2, -0.15) is 0 Å². The van der Waals surface area contributed by atoms with E-state index in [0.717, 1.165) is 27.4 Å². The van der Waals surface area contributed by atoms with Gasteiger partial charge in [-0.15, -0.1) is 11.3 Å². The van der Waals surface area contributed by atoms with Gasteiger partial charge in [0.1, 0.15) is 10.8 Å². The SMILES string of the molecule is Cc1csc(CN(C)C(=O)c2cccc(C(=O)N[C@@H](Cc3ccccc3)[C@H](O)CNCc3cc(O)cc(C(C)C)c3)c2)n1. The topological polar surface area (TPSA) is 115 Å². The maximum atomic E-state index is 13.4. The summed E-state index contributed by atoms with van der Waals surface area (Å²) < 4.78 is 0. The number of aromatic nitrogens is 1. The van der Waals surface area contributed by atoms with Crippen LogP contribution < -0.4 is 10.6 Å². The van der Waals surface area contributed by atoms with Gasteiger partial charge in [0.2, 0.25) is 0 Å². The molecule has 8 nitrogen and oxygen atoms in total. The highest BCUT2D eigenvalue weighted by atomic mass is 32.1. The number of nitrogens with zero attached hydrogens (tertiary/aromatic N) is 2. The van der Waals surface area contributed by atoms with Crippen molar-refractivity contribution in [3.8, 4) is 5.75 Å². The summed E-state index contributed by atoms with van der Waals surface area (Å²) in [6.45, 7) is 7.12. The van der Waals surface area contributed by atoms with Crippen molar-refractivity contribution in [3.05, 3.63) is 117 Å². The second-order valence-corrected chi connectivity index (χ2v) is 12.1. The van der Waals surface area contributed by atoms with Crippen LogP contribution in [0.1, 0.15) is 67.9 Å². The summed E-state index contributed by atoms with van der Waals surface area (Å²) in [6.07, 6.45) is -0.475. The van der Waals surface area contributed by atoms with Crippen molar-refractivity contribution in [2.24, 2.45) is 0 Å². The standard InChI is InChI=1S/C34H40N4O4S/c1-22(2)28-13-25(14-29(39)17-28)18-35-19-31(40)30(15-24-9-6-5-7-10-24)37-33(41)26-11-8-12-27(16-26)34(42)38(4)20-32-36-23(3)21-43-32/h5-14,16-17,21-22,30-31,35,39-40H,15,18-20H2,1-4H3,(H,37,41)/t30-,31+/m0/s1. The molecule has 4 rings (SSSR count). The average molecular weight is 601 g/mol. The number of thiazole rings is 1. The molecule has 0 radical (unpaired) electrons. The molecule has 2 amide bonds. The fourth-order valence-corrected chi connectivity index (χ4v) is 5.63. The summed E-state index contributed by atoms with van der Waals surface area (Å²) in [4.78, 5) is 32.6. The number of hydrogen-bond donors (Lipinski definition) is 4. The lowest BCUT2D eigenvalue weighted by atomic mass is 9.99. The minimum Gasteiger partial charge on any atom is -0.508 e. The lowest BCUT2D eigenvalue weighted by Crippen LogP contribution is -2.48. The van der Waals surface area contributed by atoms with Crippen LogP contribution in [-0.4, -0.2) is 57.6 Å². The fraction of sp³-hybridized carbons (Fsp3) is 0.324. The average Bonchev–Trinajstić information content (AvgIpc) is 3.40. The van der Waals surface area contributed by atoms with Gasteiger partial charge in [-0.1, -0.05) is 56.3 Å². The van der Waals surface area contributed by atoms with Crippen molar-refractivity contribution in [2.75, 3.05) is 13.6 Å². The number of aliphatic hydroxyl groups excluding tert-OH is 1. The van der Waals surface area contributed by atoms with Gasteiger partial charge >= 0.3 is 0 Å². The Hall–Kier alpha value is -4.05. The van der Waals surface area contributed by atoms with E-state index in [1.54, 1.807) is 48.3 Å². The molecule has 0 bridgehead atoms. The largest absolute Gasteiger partial charge is 0.508 e. The lowest BCUT2D eigenvalue weighted by Gasteiger charge is -2.25. The number of benzene rings is 3. The van der Waals surface area contributed by atoms with Crippen molar-refractivity contribution in [1.29, 1.82) is 0 Å². The van der Waals surface area contributed by atoms with Crippen molar-refractivity contribution in [3.63, 3.8) is 0 Å². The Morgan fingerprint density at radius 3 is 2.42 bits per heavy atom. The van der Waals surface area contributed by atoms with E-state index in [4.69, 9.17) is 0 Å². The zero-order chi connectivity index (χ0) is 30.9. The number of aliphatic hydroxyl groups is 1. The summed E-state index contributed by atoms with van der Waals surface area (Å²) >= 11 is 1.51. The van der Waals surface area contributed by atoms with Crippen LogP contribution >= 0.6 is 11.3 Å². The van der Waals surface area contributed by atoms with Crippen LogP contribution in [0.15, 0.2) is 78.2 Å². The number of amides is 2. The molecule has 0 saturated carbocycles. The zero-order valence-electron chi connectivity index (χ0n) is 25.1. The molecule has 0 unspecified atom stereocenters. The van der Waals surface area contributed by atoms with Gasteiger partial charge in [0.05, 0.1) is 18.7 Å². The number of aromatic hydroxyl groups is 1. The number of carbonyl (C=O) groups excluding carboxylic acids is 2. The second-order valence-electron chi connectivity index (χ2n) is 11.2. The van der Waals surface area contributed by atoms with Gasteiger partial charge in [-0.05, 0) is 66.3 Å². The molecule has 0 aliphatic carbocycles. The molecule has 3 aromatic carbocycles. The Kier molecular flexibility index (Phi) is 11.1.